The van der Waals surface area contributed by atoms with Crippen molar-refractivity contribution in [2.75, 3.05) is 0 Å². The van der Waals surface area contributed by atoms with Crippen LogP contribution in [-0.2, 0) is 6.42 Å². The molecule has 1 aliphatic carbocycles. The first kappa shape index (κ1) is 10.9. The van der Waals surface area contributed by atoms with Gasteiger partial charge in [-0.1, -0.05) is 48.1 Å². The van der Waals surface area contributed by atoms with E-state index in [4.69, 9.17) is 0 Å². The lowest BCUT2D eigenvalue weighted by Gasteiger charge is -2.02. The Morgan fingerprint density at radius 1 is 1.06 bits per heavy atom. The van der Waals surface area contributed by atoms with Crippen LogP contribution in [0.15, 0.2) is 48.1 Å². The summed E-state index contributed by atoms with van der Waals surface area (Å²) in [6.07, 6.45) is 9.76. The summed E-state index contributed by atoms with van der Waals surface area (Å²) in [5, 5.41) is 0. The molecule has 0 heteroatoms. The summed E-state index contributed by atoms with van der Waals surface area (Å²) in [6.45, 7) is 6.31. The third kappa shape index (κ3) is 1.88. The van der Waals surface area contributed by atoms with Crippen molar-refractivity contribution in [2.45, 2.75) is 27.2 Å². The van der Waals surface area contributed by atoms with E-state index in [0.29, 0.717) is 0 Å². The largest absolute Gasteiger partial charge is 0.0874 e. The number of aryl methyl sites for hydroxylation is 1. The third-order valence-electron chi connectivity index (χ3n) is 2.98. The fourth-order valence-electron chi connectivity index (χ4n) is 2.32. The highest BCUT2D eigenvalue weighted by Crippen LogP contribution is 2.34. The number of fused-ring (bicyclic) bond motifs is 1. The Bertz CT molecular complexity index is 485. The van der Waals surface area contributed by atoms with E-state index in [-0.39, 0.29) is 0 Å². The molecule has 0 N–H and O–H groups in total. The van der Waals surface area contributed by atoms with E-state index < -0.39 is 0 Å². The van der Waals surface area contributed by atoms with Gasteiger partial charge in [0.25, 0.3) is 0 Å². The van der Waals surface area contributed by atoms with Crippen LogP contribution in [0.1, 0.15) is 30.5 Å². The minimum atomic E-state index is 1.07. The van der Waals surface area contributed by atoms with Gasteiger partial charge in [0.2, 0.25) is 0 Å². The second-order valence-electron chi connectivity index (χ2n) is 4.28. The Hall–Kier alpha value is -1.56. The third-order valence-corrected chi connectivity index (χ3v) is 2.98. The molecule has 0 saturated heterocycles. The van der Waals surface area contributed by atoms with E-state index in [1.54, 1.807) is 0 Å². The summed E-state index contributed by atoms with van der Waals surface area (Å²) in [5.74, 6) is 0. The molecule has 0 nitrogen and oxygen atoms in total. The van der Waals surface area contributed by atoms with Gasteiger partial charge in [-0.25, -0.2) is 0 Å². The van der Waals surface area contributed by atoms with Gasteiger partial charge in [0.1, 0.15) is 0 Å². The van der Waals surface area contributed by atoms with Crippen molar-refractivity contribution in [3.63, 3.8) is 0 Å². The summed E-state index contributed by atoms with van der Waals surface area (Å²) in [6, 6.07) is 6.74. The van der Waals surface area contributed by atoms with Gasteiger partial charge in [-0.3, -0.25) is 0 Å². The number of rotatable bonds is 2. The van der Waals surface area contributed by atoms with Crippen molar-refractivity contribution in [1.82, 2.24) is 0 Å². The van der Waals surface area contributed by atoms with Gasteiger partial charge in [0, 0.05) is 0 Å². The molecule has 0 fully saturated rings. The average molecular weight is 210 g/mol. The summed E-state index contributed by atoms with van der Waals surface area (Å²) < 4.78 is 0. The molecule has 16 heavy (non-hydrogen) atoms. The Kier molecular flexibility index (Phi) is 3.09. The van der Waals surface area contributed by atoms with Crippen LogP contribution in [0.4, 0.5) is 0 Å². The van der Waals surface area contributed by atoms with Crippen LogP contribution in [0.5, 0.6) is 0 Å². The maximum atomic E-state index is 2.30. The molecule has 0 heterocycles. The monoisotopic (exact) mass is 210 g/mol. The van der Waals surface area contributed by atoms with Crippen LogP contribution in [0, 0.1) is 6.92 Å². The van der Waals surface area contributed by atoms with Crippen LogP contribution in [0.25, 0.3) is 5.57 Å². The molecule has 2 rings (SSSR count). The van der Waals surface area contributed by atoms with Gasteiger partial charge in [-0.05, 0) is 49.5 Å². The summed E-state index contributed by atoms with van der Waals surface area (Å²) in [4.78, 5) is 0. The van der Waals surface area contributed by atoms with Gasteiger partial charge >= 0.3 is 0 Å². The minimum absolute atomic E-state index is 1.07. The average Bonchev–Trinajstić information content (AvgIpc) is 2.57. The van der Waals surface area contributed by atoms with Gasteiger partial charge in [0.15, 0.2) is 0 Å². The van der Waals surface area contributed by atoms with E-state index >= 15 is 0 Å². The summed E-state index contributed by atoms with van der Waals surface area (Å²) >= 11 is 0. The Morgan fingerprint density at radius 2 is 1.81 bits per heavy atom. The number of allylic oxidation sites excluding steroid dienone is 6. The molecule has 0 aliphatic heterocycles. The van der Waals surface area contributed by atoms with Gasteiger partial charge in [0.05, 0.1) is 0 Å². The first-order valence-electron chi connectivity index (χ1n) is 5.84. The van der Waals surface area contributed by atoms with Crippen molar-refractivity contribution < 1.29 is 0 Å². The highest BCUT2D eigenvalue weighted by molar-refractivity contribution is 5.84. The highest BCUT2D eigenvalue weighted by Gasteiger charge is 2.17. The fourth-order valence-corrected chi connectivity index (χ4v) is 2.32. The van der Waals surface area contributed by atoms with Gasteiger partial charge < -0.3 is 0 Å². The molecule has 0 saturated carbocycles. The number of benzene rings is 1. The molecule has 1 aliphatic rings. The zero-order chi connectivity index (χ0) is 11.5. The lowest BCUT2D eigenvalue weighted by molar-refractivity contribution is 1.23. The molecule has 0 radical (unpaired) electrons. The van der Waals surface area contributed by atoms with Gasteiger partial charge in [-0.2, -0.15) is 0 Å². The molecule has 0 atom stereocenters. The summed E-state index contributed by atoms with van der Waals surface area (Å²) in [5.41, 5.74) is 7.02. The molecule has 0 unspecified atom stereocenters. The SMILES string of the molecule is C/C=C\C1=C(/C=C\C)c2ccc(C)cc2C1. The van der Waals surface area contributed by atoms with E-state index in [1.165, 1.54) is 27.8 Å². The highest BCUT2D eigenvalue weighted by atomic mass is 14.2. The maximum Gasteiger partial charge on any atom is -0.00135 e. The standard InChI is InChI=1S/C16H18/c1-4-6-13-11-14-10-12(3)8-9-16(14)15(13)7-5-2/h4-10H,11H2,1-3H3/b6-4-,7-5-. The van der Waals surface area contributed by atoms with E-state index in [2.05, 4.69) is 63.3 Å². The fraction of sp³-hybridized carbons (Fsp3) is 0.250. The van der Waals surface area contributed by atoms with Crippen LogP contribution in [-0.4, -0.2) is 0 Å². The zero-order valence-electron chi connectivity index (χ0n) is 10.2. The number of hydrogen-bond donors (Lipinski definition) is 0. The predicted molar refractivity (Wildman–Crippen MR) is 71.4 cm³/mol. The summed E-state index contributed by atoms with van der Waals surface area (Å²) in [7, 11) is 0. The van der Waals surface area contributed by atoms with E-state index in [0.717, 1.165) is 6.42 Å². The molecular formula is C16H18. The quantitative estimate of drug-likeness (QED) is 0.676. The molecule has 1 aromatic rings. The van der Waals surface area contributed by atoms with E-state index in [1.807, 2.05) is 0 Å². The zero-order valence-corrected chi connectivity index (χ0v) is 10.2. The second-order valence-corrected chi connectivity index (χ2v) is 4.28. The minimum Gasteiger partial charge on any atom is -0.0874 e. The lowest BCUT2D eigenvalue weighted by atomic mass is 10.0. The predicted octanol–water partition coefficient (Wildman–Crippen LogP) is 4.46. The molecular weight excluding hydrogens is 192 g/mol. The molecule has 1 aromatic carbocycles. The molecule has 0 aromatic heterocycles. The Labute approximate surface area is 98.0 Å². The first-order valence-corrected chi connectivity index (χ1v) is 5.84. The van der Waals surface area contributed by atoms with Crippen LogP contribution < -0.4 is 0 Å². The normalized spacial score (nSPS) is 15.4. The van der Waals surface area contributed by atoms with Crippen LogP contribution in [0.3, 0.4) is 0 Å². The van der Waals surface area contributed by atoms with E-state index in [9.17, 15) is 0 Å². The topological polar surface area (TPSA) is 0 Å². The second kappa shape index (κ2) is 4.52. The maximum absolute atomic E-state index is 2.30. The molecule has 0 amide bonds. The van der Waals surface area contributed by atoms with Crippen molar-refractivity contribution in [1.29, 1.82) is 0 Å². The Morgan fingerprint density at radius 3 is 2.50 bits per heavy atom. The molecule has 0 spiro atoms. The van der Waals surface area contributed by atoms with Crippen molar-refractivity contribution in [2.24, 2.45) is 0 Å². The smallest absolute Gasteiger partial charge is 0.00135 e. The molecule has 82 valence electrons. The Balaban J connectivity index is 2.53. The molecule has 0 bridgehead atoms. The first-order chi connectivity index (χ1) is 7.76. The van der Waals surface area contributed by atoms with Gasteiger partial charge in [-0.15, -0.1) is 0 Å². The van der Waals surface area contributed by atoms with Crippen LogP contribution >= 0.6 is 0 Å². The lowest BCUT2D eigenvalue weighted by Crippen LogP contribution is -1.84. The van der Waals surface area contributed by atoms with Crippen molar-refractivity contribution in [3.8, 4) is 0 Å². The van der Waals surface area contributed by atoms with Crippen LogP contribution in [0.2, 0.25) is 0 Å². The number of hydrogen-bond acceptors (Lipinski definition) is 0. The van der Waals surface area contributed by atoms with Crippen molar-refractivity contribution >= 4 is 5.57 Å². The van der Waals surface area contributed by atoms with Crippen molar-refractivity contribution in [3.05, 3.63) is 64.8 Å².